The van der Waals surface area contributed by atoms with Gasteiger partial charge in [0.15, 0.2) is 0 Å². The first-order valence-electron chi connectivity index (χ1n) is 5.50. The van der Waals surface area contributed by atoms with Gasteiger partial charge in [0.1, 0.15) is 0 Å². The lowest BCUT2D eigenvalue weighted by molar-refractivity contribution is 0.0285. The summed E-state index contributed by atoms with van der Waals surface area (Å²) in [5.41, 5.74) is 1.13. The van der Waals surface area contributed by atoms with Gasteiger partial charge in [-0.3, -0.25) is 9.78 Å². The number of ether oxygens (including phenoxy) is 2. The fourth-order valence-electron chi connectivity index (χ4n) is 1.39. The van der Waals surface area contributed by atoms with E-state index in [0.717, 1.165) is 5.69 Å². The van der Waals surface area contributed by atoms with Crippen LogP contribution in [0.2, 0.25) is 5.02 Å². The summed E-state index contributed by atoms with van der Waals surface area (Å²) in [5.74, 6) is -0.273. The van der Waals surface area contributed by atoms with Gasteiger partial charge in [-0.2, -0.15) is 0 Å². The van der Waals surface area contributed by atoms with Crippen molar-refractivity contribution in [2.75, 3.05) is 27.4 Å². The lowest BCUT2D eigenvalue weighted by Gasteiger charge is -2.15. The van der Waals surface area contributed by atoms with Crippen LogP contribution in [0.4, 0.5) is 0 Å². The Morgan fingerprint density at radius 1 is 1.56 bits per heavy atom. The van der Waals surface area contributed by atoms with Gasteiger partial charge in [0.25, 0.3) is 5.91 Å². The van der Waals surface area contributed by atoms with E-state index in [9.17, 15) is 4.79 Å². The summed E-state index contributed by atoms with van der Waals surface area (Å²) >= 11 is 5.98. The second-order valence-electron chi connectivity index (χ2n) is 3.83. The van der Waals surface area contributed by atoms with E-state index in [2.05, 4.69) is 10.3 Å². The van der Waals surface area contributed by atoms with Crippen LogP contribution in [0, 0.1) is 6.92 Å². The molecule has 0 aliphatic rings. The summed E-state index contributed by atoms with van der Waals surface area (Å²) < 4.78 is 10.1. The van der Waals surface area contributed by atoms with Crippen molar-refractivity contribution < 1.29 is 14.3 Å². The topological polar surface area (TPSA) is 60.5 Å². The Labute approximate surface area is 111 Å². The van der Waals surface area contributed by atoms with Crippen molar-refractivity contribution in [1.29, 1.82) is 0 Å². The third-order valence-corrected chi connectivity index (χ3v) is 2.72. The van der Waals surface area contributed by atoms with E-state index < -0.39 is 0 Å². The molecule has 1 rings (SSSR count). The van der Waals surface area contributed by atoms with Crippen LogP contribution in [-0.4, -0.2) is 44.4 Å². The molecule has 1 heterocycles. The normalized spacial score (nSPS) is 12.2. The standard InChI is InChI=1S/C12H17ClN2O3/c1-8-4-11(13)10(6-14-8)12(16)15-5-9(18-3)7-17-2/h4,6,9H,5,7H2,1-3H3,(H,15,16). The number of halogens is 1. The van der Waals surface area contributed by atoms with Gasteiger partial charge in [0, 0.05) is 32.7 Å². The number of hydrogen-bond acceptors (Lipinski definition) is 4. The number of carbonyl (C=O) groups excluding carboxylic acids is 1. The van der Waals surface area contributed by atoms with Crippen LogP contribution in [-0.2, 0) is 9.47 Å². The van der Waals surface area contributed by atoms with Gasteiger partial charge < -0.3 is 14.8 Å². The number of nitrogens with one attached hydrogen (secondary N) is 1. The van der Waals surface area contributed by atoms with E-state index in [0.29, 0.717) is 23.7 Å². The lowest BCUT2D eigenvalue weighted by atomic mass is 10.2. The zero-order valence-electron chi connectivity index (χ0n) is 10.7. The van der Waals surface area contributed by atoms with Crippen molar-refractivity contribution in [3.05, 3.63) is 28.5 Å². The third-order valence-electron chi connectivity index (χ3n) is 2.41. The number of methoxy groups -OCH3 is 2. The first-order valence-corrected chi connectivity index (χ1v) is 5.88. The highest BCUT2D eigenvalue weighted by atomic mass is 35.5. The van der Waals surface area contributed by atoms with Gasteiger partial charge in [0.05, 0.1) is 23.3 Å². The highest BCUT2D eigenvalue weighted by Crippen LogP contribution is 2.15. The van der Waals surface area contributed by atoms with Gasteiger partial charge in [-0.05, 0) is 13.0 Å². The second kappa shape index (κ2) is 7.31. The van der Waals surface area contributed by atoms with Crippen molar-refractivity contribution in [3.63, 3.8) is 0 Å². The molecule has 0 bridgehead atoms. The fraction of sp³-hybridized carbons (Fsp3) is 0.500. The van der Waals surface area contributed by atoms with Gasteiger partial charge in [0.2, 0.25) is 0 Å². The van der Waals surface area contributed by atoms with Crippen molar-refractivity contribution >= 4 is 17.5 Å². The lowest BCUT2D eigenvalue weighted by Crippen LogP contribution is -2.35. The molecule has 1 aromatic heterocycles. The van der Waals surface area contributed by atoms with E-state index >= 15 is 0 Å². The highest BCUT2D eigenvalue weighted by Gasteiger charge is 2.13. The van der Waals surface area contributed by atoms with Gasteiger partial charge in [-0.15, -0.1) is 0 Å². The van der Waals surface area contributed by atoms with Crippen LogP contribution in [0.25, 0.3) is 0 Å². The maximum Gasteiger partial charge on any atom is 0.254 e. The van der Waals surface area contributed by atoms with Crippen molar-refractivity contribution in [1.82, 2.24) is 10.3 Å². The Kier molecular flexibility index (Phi) is 6.04. The summed E-state index contributed by atoms with van der Waals surface area (Å²) in [6.07, 6.45) is 1.28. The molecule has 0 radical (unpaired) electrons. The largest absolute Gasteiger partial charge is 0.382 e. The molecule has 0 saturated heterocycles. The summed E-state index contributed by atoms with van der Waals surface area (Å²) in [5, 5.41) is 3.12. The Hall–Kier alpha value is -1.17. The van der Waals surface area contributed by atoms with Crippen LogP contribution in [0.5, 0.6) is 0 Å². The van der Waals surface area contributed by atoms with Crippen LogP contribution < -0.4 is 5.32 Å². The number of aromatic nitrogens is 1. The molecule has 5 nitrogen and oxygen atoms in total. The minimum atomic E-state index is -0.273. The molecule has 1 N–H and O–H groups in total. The molecule has 1 amide bonds. The molecule has 100 valence electrons. The third kappa shape index (κ3) is 4.25. The fourth-order valence-corrected chi connectivity index (χ4v) is 1.68. The van der Waals surface area contributed by atoms with Crippen LogP contribution in [0.15, 0.2) is 12.3 Å². The van der Waals surface area contributed by atoms with Gasteiger partial charge in [-0.25, -0.2) is 0 Å². The molecular weight excluding hydrogens is 256 g/mol. The molecule has 0 aliphatic heterocycles. The summed E-state index contributed by atoms with van der Waals surface area (Å²) in [6.45, 7) is 2.58. The van der Waals surface area contributed by atoms with Crippen molar-refractivity contribution in [3.8, 4) is 0 Å². The number of aryl methyl sites for hydroxylation is 1. The Morgan fingerprint density at radius 2 is 2.28 bits per heavy atom. The number of nitrogens with zero attached hydrogens (tertiary/aromatic N) is 1. The van der Waals surface area contributed by atoms with Gasteiger partial charge >= 0.3 is 0 Å². The van der Waals surface area contributed by atoms with Crippen molar-refractivity contribution in [2.45, 2.75) is 13.0 Å². The molecule has 18 heavy (non-hydrogen) atoms. The number of hydrogen-bond donors (Lipinski definition) is 1. The SMILES string of the molecule is COCC(CNC(=O)c1cnc(C)cc1Cl)OC. The summed E-state index contributed by atoms with van der Waals surface area (Å²) in [6, 6.07) is 1.65. The van der Waals surface area contributed by atoms with Crippen LogP contribution >= 0.6 is 11.6 Å². The number of carbonyl (C=O) groups is 1. The summed E-state index contributed by atoms with van der Waals surface area (Å²) in [4.78, 5) is 15.9. The second-order valence-corrected chi connectivity index (χ2v) is 4.24. The molecular formula is C12H17ClN2O3. The Bertz CT molecular complexity index is 412. The summed E-state index contributed by atoms with van der Waals surface area (Å²) in [7, 11) is 3.14. The van der Waals surface area contributed by atoms with E-state index in [1.165, 1.54) is 6.20 Å². The number of amides is 1. The average Bonchev–Trinajstić information content (AvgIpc) is 2.34. The molecule has 0 aliphatic carbocycles. The minimum Gasteiger partial charge on any atom is -0.382 e. The molecule has 1 atom stereocenters. The van der Waals surface area contributed by atoms with E-state index in [-0.39, 0.29) is 12.0 Å². The predicted molar refractivity (Wildman–Crippen MR) is 69.0 cm³/mol. The maximum absolute atomic E-state index is 11.9. The van der Waals surface area contributed by atoms with E-state index in [1.54, 1.807) is 20.3 Å². The molecule has 0 aromatic carbocycles. The van der Waals surface area contributed by atoms with Gasteiger partial charge in [-0.1, -0.05) is 11.6 Å². The maximum atomic E-state index is 11.9. The molecule has 0 saturated carbocycles. The molecule has 6 heteroatoms. The number of rotatable bonds is 6. The van der Waals surface area contributed by atoms with Crippen LogP contribution in [0.3, 0.4) is 0 Å². The molecule has 0 spiro atoms. The molecule has 0 fully saturated rings. The average molecular weight is 273 g/mol. The smallest absolute Gasteiger partial charge is 0.254 e. The Morgan fingerprint density at radius 3 is 2.83 bits per heavy atom. The zero-order valence-corrected chi connectivity index (χ0v) is 11.5. The zero-order chi connectivity index (χ0) is 13.5. The monoisotopic (exact) mass is 272 g/mol. The first-order chi connectivity index (χ1) is 8.58. The first kappa shape index (κ1) is 14.9. The van der Waals surface area contributed by atoms with Crippen molar-refractivity contribution in [2.24, 2.45) is 0 Å². The minimum absolute atomic E-state index is 0.184. The van der Waals surface area contributed by atoms with Crippen LogP contribution in [0.1, 0.15) is 16.1 Å². The predicted octanol–water partition coefficient (Wildman–Crippen LogP) is 1.43. The molecule has 1 aromatic rings. The Balaban J connectivity index is 2.59. The number of pyridine rings is 1. The van der Waals surface area contributed by atoms with E-state index in [4.69, 9.17) is 21.1 Å². The molecule has 1 unspecified atom stereocenters. The quantitative estimate of drug-likeness (QED) is 0.851. The van der Waals surface area contributed by atoms with E-state index in [1.807, 2.05) is 6.92 Å². The highest BCUT2D eigenvalue weighted by molar-refractivity contribution is 6.33.